The van der Waals surface area contributed by atoms with Crippen LogP contribution in [-0.2, 0) is 14.4 Å². The Labute approximate surface area is 239 Å². The lowest BCUT2D eigenvalue weighted by Gasteiger charge is -2.48. The number of carboxylic acids is 1. The van der Waals surface area contributed by atoms with Crippen LogP contribution in [0.3, 0.4) is 0 Å². The Kier molecular flexibility index (Phi) is 7.61. The Hall–Kier alpha value is -3.27. The second-order valence-electron chi connectivity index (χ2n) is 13.0. The number of aromatic nitrogens is 2. The number of carbonyl (C=O) groups is 2. The third-order valence-corrected chi connectivity index (χ3v) is 10.0. The van der Waals surface area contributed by atoms with Gasteiger partial charge in [-0.1, -0.05) is 56.8 Å². The highest BCUT2D eigenvalue weighted by Gasteiger charge is 2.49. The van der Waals surface area contributed by atoms with E-state index in [-0.39, 0.29) is 23.7 Å². The first-order valence-corrected chi connectivity index (χ1v) is 15.3. The van der Waals surface area contributed by atoms with Gasteiger partial charge in [-0.2, -0.15) is 0 Å². The van der Waals surface area contributed by atoms with Gasteiger partial charge in [-0.3, -0.25) is 14.5 Å². The molecule has 1 aromatic heterocycles. The quantitative estimate of drug-likeness (QED) is 0.367. The normalized spacial score (nSPS) is 30.9. The fourth-order valence-electron chi connectivity index (χ4n) is 8.42. The molecule has 6 atom stereocenters. The molecule has 4 bridgehead atoms. The van der Waals surface area contributed by atoms with E-state index < -0.39 is 29.3 Å². The van der Waals surface area contributed by atoms with Crippen molar-refractivity contribution in [1.82, 2.24) is 14.5 Å². The number of benzene rings is 1. The van der Waals surface area contributed by atoms with E-state index in [1.54, 1.807) is 24.5 Å². The Morgan fingerprint density at radius 1 is 1.00 bits per heavy atom. The fraction of sp³-hybridized carbons (Fsp3) is 0.645. The first kappa shape index (κ1) is 27.9. The van der Waals surface area contributed by atoms with Crippen molar-refractivity contribution in [2.75, 3.05) is 0 Å². The number of hydrogen-bond donors (Lipinski definition) is 2. The van der Waals surface area contributed by atoms with Gasteiger partial charge >= 0.3 is 5.97 Å². The van der Waals surface area contributed by atoms with E-state index >= 15 is 0 Å². The number of carboxylic acid groups (broad SMARTS) is 1. The zero-order chi connectivity index (χ0) is 28.8. The van der Waals surface area contributed by atoms with E-state index in [4.69, 9.17) is 10.6 Å². The van der Waals surface area contributed by atoms with Gasteiger partial charge in [0.2, 0.25) is 11.8 Å². The zero-order valence-electron chi connectivity index (χ0n) is 23.9. The molecule has 220 valence electrons. The number of nitrogens with zero attached hydrogens (tertiary/aromatic N) is 4. The van der Waals surface area contributed by atoms with Crippen molar-refractivity contribution < 1.29 is 19.5 Å². The number of para-hydroxylation sites is 2. The second kappa shape index (κ2) is 11.2. The van der Waals surface area contributed by atoms with Gasteiger partial charge in [0.05, 0.1) is 17.1 Å². The predicted octanol–water partition coefficient (Wildman–Crippen LogP) is 3.85. The summed E-state index contributed by atoms with van der Waals surface area (Å²) in [6.07, 6.45) is 10.9. The molecular formula is C31H41N5O5. The summed E-state index contributed by atoms with van der Waals surface area (Å²) in [6, 6.07) is 8.49. The van der Waals surface area contributed by atoms with Crippen molar-refractivity contribution in [2.24, 2.45) is 28.6 Å². The van der Waals surface area contributed by atoms with Crippen LogP contribution in [0.1, 0.15) is 89.8 Å². The lowest BCUT2D eigenvalue weighted by atomic mass is 9.69. The van der Waals surface area contributed by atoms with Gasteiger partial charge in [-0.25, -0.2) is 9.78 Å². The van der Waals surface area contributed by atoms with E-state index in [1.165, 1.54) is 38.5 Å². The van der Waals surface area contributed by atoms with E-state index in [0.29, 0.717) is 23.1 Å². The van der Waals surface area contributed by atoms with E-state index in [1.807, 2.05) is 18.2 Å². The Balaban J connectivity index is 1.41. The molecule has 3 N–H and O–H groups in total. The summed E-state index contributed by atoms with van der Waals surface area (Å²) < 4.78 is 1.79. The molecule has 41 heavy (non-hydrogen) atoms. The molecule has 2 saturated carbocycles. The summed E-state index contributed by atoms with van der Waals surface area (Å²) in [4.78, 5) is 51.0. The van der Waals surface area contributed by atoms with E-state index in [2.05, 4.69) is 15.0 Å². The maximum Gasteiger partial charge on any atom is 0.360 e. The molecule has 1 aromatic carbocycles. The van der Waals surface area contributed by atoms with Crippen LogP contribution < -0.4 is 11.3 Å². The van der Waals surface area contributed by atoms with E-state index in [9.17, 15) is 19.5 Å². The molecule has 1 amide bonds. The average Bonchev–Trinajstić information content (AvgIpc) is 3.14. The molecule has 4 fully saturated rings. The molecule has 2 aromatic rings. The van der Waals surface area contributed by atoms with Crippen LogP contribution in [0.15, 0.2) is 34.2 Å². The van der Waals surface area contributed by atoms with Gasteiger partial charge in [0, 0.05) is 24.0 Å². The number of aliphatic carboxylic acids is 1. The summed E-state index contributed by atoms with van der Waals surface area (Å²) >= 11 is 0. The molecule has 2 aliphatic carbocycles. The average molecular weight is 564 g/mol. The highest BCUT2D eigenvalue weighted by Crippen LogP contribution is 2.49. The number of primary amides is 1. The number of rotatable bonds is 8. The first-order valence-electron chi connectivity index (χ1n) is 15.3. The lowest BCUT2D eigenvalue weighted by Crippen LogP contribution is -2.51. The number of oxime groups is 1. The summed E-state index contributed by atoms with van der Waals surface area (Å²) in [7, 11) is 0. The molecule has 3 heterocycles. The molecular weight excluding hydrogens is 522 g/mol. The summed E-state index contributed by atoms with van der Waals surface area (Å²) in [5.74, 6) is -0.928. The highest BCUT2D eigenvalue weighted by atomic mass is 16.6. The SMILES string of the molecule is CC(C)C(O/N=C(\C(=O)O)c1nc2ccccc2n([C@@H]2C[C@@H]3CCC[C@H]2N3C2CC3CCCC(C3)C2)c1=O)C(N)=O. The topological polar surface area (TPSA) is 140 Å². The third kappa shape index (κ3) is 5.15. The second-order valence-corrected chi connectivity index (χ2v) is 13.0. The summed E-state index contributed by atoms with van der Waals surface area (Å²) in [5.41, 5.74) is 5.24. The summed E-state index contributed by atoms with van der Waals surface area (Å²) in [5, 5.41) is 13.9. The Bertz CT molecular complexity index is 1410. The van der Waals surface area contributed by atoms with Crippen molar-refractivity contribution in [1.29, 1.82) is 0 Å². The van der Waals surface area contributed by atoms with Gasteiger partial charge in [0.1, 0.15) is 0 Å². The standard InChI is InChI=1S/C31H41N5O5/c1-17(2)28(29(32)37)41-34-27(31(39)40)26-30(38)36(23-11-4-3-10-22(23)33-26)25-16-20-9-6-12-24(25)35(20)21-14-18-7-5-8-19(13-18)15-21/h3-4,10-11,17-21,24-25,28H,5-9,12-16H2,1-2H3,(H2,32,37)(H,39,40)/b34-27-/t18?,19?,20-,21?,24+,25+,28?/m0/s1. The van der Waals surface area contributed by atoms with Gasteiger partial charge in [-0.05, 0) is 62.5 Å². The van der Waals surface area contributed by atoms with Gasteiger partial charge in [-0.15, -0.1) is 0 Å². The summed E-state index contributed by atoms with van der Waals surface area (Å²) in [6.45, 7) is 3.44. The van der Waals surface area contributed by atoms with Crippen LogP contribution in [0, 0.1) is 17.8 Å². The Morgan fingerprint density at radius 3 is 2.39 bits per heavy atom. The van der Waals surface area contributed by atoms with Crippen LogP contribution in [-0.4, -0.2) is 61.4 Å². The van der Waals surface area contributed by atoms with Crippen molar-refractivity contribution in [3.63, 3.8) is 0 Å². The van der Waals surface area contributed by atoms with Crippen LogP contribution in [0.4, 0.5) is 0 Å². The van der Waals surface area contributed by atoms with Crippen molar-refractivity contribution in [2.45, 2.75) is 108 Å². The smallest absolute Gasteiger partial charge is 0.360 e. The van der Waals surface area contributed by atoms with Gasteiger partial charge < -0.3 is 20.2 Å². The van der Waals surface area contributed by atoms with Crippen LogP contribution in [0.25, 0.3) is 11.0 Å². The molecule has 10 nitrogen and oxygen atoms in total. The van der Waals surface area contributed by atoms with Crippen molar-refractivity contribution in [3.8, 4) is 0 Å². The molecule has 6 rings (SSSR count). The molecule has 2 saturated heterocycles. The maximum atomic E-state index is 14.2. The first-order chi connectivity index (χ1) is 19.7. The number of nitrogens with two attached hydrogens (primary N) is 1. The number of piperidine rings is 1. The molecule has 3 unspecified atom stereocenters. The molecule has 0 spiro atoms. The molecule has 10 heteroatoms. The fourth-order valence-corrected chi connectivity index (χ4v) is 8.42. The van der Waals surface area contributed by atoms with E-state index in [0.717, 1.165) is 37.5 Å². The van der Waals surface area contributed by atoms with Crippen LogP contribution >= 0.6 is 0 Å². The van der Waals surface area contributed by atoms with Crippen LogP contribution in [0.2, 0.25) is 0 Å². The minimum atomic E-state index is -1.45. The number of hydrogen-bond acceptors (Lipinski definition) is 7. The largest absolute Gasteiger partial charge is 0.476 e. The zero-order valence-corrected chi connectivity index (χ0v) is 23.9. The van der Waals surface area contributed by atoms with Crippen molar-refractivity contribution >= 4 is 28.6 Å². The lowest BCUT2D eigenvalue weighted by molar-refractivity contribution is -0.134. The van der Waals surface area contributed by atoms with Gasteiger partial charge in [0.15, 0.2) is 5.69 Å². The monoisotopic (exact) mass is 563 g/mol. The van der Waals surface area contributed by atoms with Gasteiger partial charge in [0.25, 0.3) is 11.5 Å². The number of carbonyl (C=O) groups excluding carboxylic acids is 1. The number of fused-ring (bicyclic) bond motifs is 5. The Morgan fingerprint density at radius 2 is 1.71 bits per heavy atom. The molecule has 0 radical (unpaired) electrons. The molecule has 2 aliphatic heterocycles. The minimum Gasteiger partial charge on any atom is -0.476 e. The third-order valence-electron chi connectivity index (χ3n) is 10.0. The van der Waals surface area contributed by atoms with Crippen molar-refractivity contribution in [3.05, 3.63) is 40.3 Å². The predicted molar refractivity (Wildman–Crippen MR) is 154 cm³/mol. The number of amides is 1. The minimum absolute atomic E-state index is 0.0894. The van der Waals surface area contributed by atoms with Crippen LogP contribution in [0.5, 0.6) is 0 Å². The molecule has 4 aliphatic rings. The maximum absolute atomic E-state index is 14.2. The highest BCUT2D eigenvalue weighted by molar-refractivity contribution is 6.41.